The van der Waals surface area contributed by atoms with Crippen molar-refractivity contribution in [2.75, 3.05) is 36.4 Å². The highest BCUT2D eigenvalue weighted by atomic mass is 79.9. The number of carbonyl (C=O) groups is 1. The molecule has 0 spiro atoms. The van der Waals surface area contributed by atoms with Crippen LogP contribution < -0.4 is 10.2 Å². The Morgan fingerprint density at radius 3 is 2.55 bits per heavy atom. The van der Waals surface area contributed by atoms with Gasteiger partial charge in [0.2, 0.25) is 5.95 Å². The Labute approximate surface area is 180 Å². The van der Waals surface area contributed by atoms with Crippen molar-refractivity contribution in [1.29, 1.82) is 0 Å². The van der Waals surface area contributed by atoms with E-state index in [4.69, 9.17) is 4.98 Å². The first-order valence-electron chi connectivity index (χ1n) is 10.4. The molecule has 1 aliphatic heterocycles. The van der Waals surface area contributed by atoms with Gasteiger partial charge in [-0.15, -0.1) is 0 Å². The van der Waals surface area contributed by atoms with E-state index in [0.29, 0.717) is 24.7 Å². The lowest BCUT2D eigenvalue weighted by molar-refractivity contribution is 0.0746. The van der Waals surface area contributed by atoms with Gasteiger partial charge in [0.25, 0.3) is 5.91 Å². The average molecular weight is 459 g/mol. The number of rotatable bonds is 4. The van der Waals surface area contributed by atoms with E-state index in [1.54, 1.807) is 12.4 Å². The highest BCUT2D eigenvalue weighted by Crippen LogP contribution is 2.23. The molecular formula is C21H27BrN6O. The van der Waals surface area contributed by atoms with Crippen molar-refractivity contribution in [1.82, 2.24) is 19.9 Å². The summed E-state index contributed by atoms with van der Waals surface area (Å²) in [5.74, 6) is 1.69. The lowest BCUT2D eigenvalue weighted by atomic mass is 9.96. The first kappa shape index (κ1) is 20.1. The van der Waals surface area contributed by atoms with E-state index in [-0.39, 0.29) is 5.91 Å². The molecule has 1 saturated heterocycles. The SMILES string of the molecule is Cc1cc(N2CCN(C(=O)c3cncc(Br)c3)CC2)nc(NC2CCCCC2)n1. The number of piperazine rings is 1. The molecule has 3 heterocycles. The molecule has 1 amide bonds. The van der Waals surface area contributed by atoms with Gasteiger partial charge in [-0.3, -0.25) is 9.78 Å². The molecule has 0 radical (unpaired) electrons. The summed E-state index contributed by atoms with van der Waals surface area (Å²) in [6, 6.07) is 4.33. The topological polar surface area (TPSA) is 74.2 Å². The van der Waals surface area contributed by atoms with Crippen molar-refractivity contribution >= 4 is 33.6 Å². The number of anilines is 2. The number of pyridine rings is 1. The molecule has 2 aliphatic rings. The average Bonchev–Trinajstić information content (AvgIpc) is 2.74. The molecule has 7 nitrogen and oxygen atoms in total. The van der Waals surface area contributed by atoms with Crippen LogP contribution in [0.4, 0.5) is 11.8 Å². The molecule has 29 heavy (non-hydrogen) atoms. The maximum atomic E-state index is 12.7. The van der Waals surface area contributed by atoms with Gasteiger partial charge in [0, 0.05) is 60.8 Å². The Bertz CT molecular complexity index is 862. The van der Waals surface area contributed by atoms with Crippen molar-refractivity contribution in [3.63, 3.8) is 0 Å². The summed E-state index contributed by atoms with van der Waals surface area (Å²) < 4.78 is 0.816. The lowest BCUT2D eigenvalue weighted by Crippen LogP contribution is -2.49. The van der Waals surface area contributed by atoms with Gasteiger partial charge in [0.15, 0.2) is 0 Å². The van der Waals surface area contributed by atoms with Crippen LogP contribution in [0.5, 0.6) is 0 Å². The van der Waals surface area contributed by atoms with Crippen LogP contribution in [0.3, 0.4) is 0 Å². The molecule has 2 fully saturated rings. The summed E-state index contributed by atoms with van der Waals surface area (Å²) in [6.45, 7) is 4.86. The Hall–Kier alpha value is -2.22. The molecule has 2 aromatic heterocycles. The van der Waals surface area contributed by atoms with Crippen molar-refractivity contribution in [2.45, 2.75) is 45.1 Å². The number of aromatic nitrogens is 3. The summed E-state index contributed by atoms with van der Waals surface area (Å²) >= 11 is 3.38. The molecule has 0 unspecified atom stereocenters. The third kappa shape index (κ3) is 5.04. The molecule has 1 saturated carbocycles. The zero-order valence-corrected chi connectivity index (χ0v) is 18.4. The van der Waals surface area contributed by atoms with Crippen LogP contribution in [0.2, 0.25) is 0 Å². The lowest BCUT2D eigenvalue weighted by Gasteiger charge is -2.35. The Morgan fingerprint density at radius 2 is 1.83 bits per heavy atom. The number of aryl methyl sites for hydroxylation is 1. The molecule has 1 N–H and O–H groups in total. The fourth-order valence-electron chi connectivity index (χ4n) is 4.06. The number of halogens is 1. The highest BCUT2D eigenvalue weighted by Gasteiger charge is 2.24. The van der Waals surface area contributed by atoms with Gasteiger partial charge >= 0.3 is 0 Å². The van der Waals surface area contributed by atoms with E-state index in [1.165, 1.54) is 32.1 Å². The van der Waals surface area contributed by atoms with Crippen LogP contribution in [0.15, 0.2) is 29.0 Å². The molecular weight excluding hydrogens is 432 g/mol. The van der Waals surface area contributed by atoms with E-state index in [9.17, 15) is 4.79 Å². The van der Waals surface area contributed by atoms with Crippen LogP contribution in [0.1, 0.15) is 48.2 Å². The number of carbonyl (C=O) groups excluding carboxylic acids is 1. The van der Waals surface area contributed by atoms with E-state index in [0.717, 1.165) is 35.0 Å². The van der Waals surface area contributed by atoms with Crippen molar-refractivity contribution in [3.8, 4) is 0 Å². The highest BCUT2D eigenvalue weighted by molar-refractivity contribution is 9.10. The second kappa shape index (κ2) is 9.07. The molecule has 4 rings (SSSR count). The number of nitrogens with one attached hydrogen (secondary N) is 1. The minimum atomic E-state index is 0.0250. The Kier molecular flexibility index (Phi) is 6.28. The summed E-state index contributed by atoms with van der Waals surface area (Å²) in [5, 5.41) is 3.53. The van der Waals surface area contributed by atoms with E-state index in [1.807, 2.05) is 24.0 Å². The van der Waals surface area contributed by atoms with Gasteiger partial charge in [-0.25, -0.2) is 4.98 Å². The third-order valence-corrected chi connectivity index (χ3v) is 6.06. The van der Waals surface area contributed by atoms with Gasteiger partial charge in [-0.05, 0) is 41.8 Å². The second-order valence-corrected chi connectivity index (χ2v) is 8.76. The Morgan fingerprint density at radius 1 is 1.07 bits per heavy atom. The molecule has 0 atom stereocenters. The summed E-state index contributed by atoms with van der Waals surface area (Å²) in [7, 11) is 0. The van der Waals surface area contributed by atoms with Crippen molar-refractivity contribution in [3.05, 3.63) is 40.3 Å². The molecule has 154 valence electrons. The number of amides is 1. The summed E-state index contributed by atoms with van der Waals surface area (Å²) in [6.07, 6.45) is 9.58. The monoisotopic (exact) mass is 458 g/mol. The normalized spacial score (nSPS) is 18.0. The van der Waals surface area contributed by atoms with Gasteiger partial charge < -0.3 is 15.1 Å². The fourth-order valence-corrected chi connectivity index (χ4v) is 4.42. The van der Waals surface area contributed by atoms with Crippen molar-refractivity contribution < 1.29 is 4.79 Å². The van der Waals surface area contributed by atoms with Gasteiger partial charge in [0.1, 0.15) is 5.82 Å². The van der Waals surface area contributed by atoms with Gasteiger partial charge in [-0.2, -0.15) is 4.98 Å². The number of hydrogen-bond donors (Lipinski definition) is 1. The van der Waals surface area contributed by atoms with E-state index in [2.05, 4.69) is 36.1 Å². The van der Waals surface area contributed by atoms with Crippen molar-refractivity contribution in [2.24, 2.45) is 0 Å². The third-order valence-electron chi connectivity index (χ3n) is 5.62. The molecule has 0 bridgehead atoms. The maximum Gasteiger partial charge on any atom is 0.255 e. The molecule has 0 aromatic carbocycles. The molecule has 2 aromatic rings. The second-order valence-electron chi connectivity index (χ2n) is 7.84. The van der Waals surface area contributed by atoms with Gasteiger partial charge in [-0.1, -0.05) is 19.3 Å². The summed E-state index contributed by atoms with van der Waals surface area (Å²) in [4.78, 5) is 30.3. The predicted octanol–water partition coefficient (Wildman–Crippen LogP) is 3.65. The first-order chi connectivity index (χ1) is 14.1. The van der Waals surface area contributed by atoms with E-state index < -0.39 is 0 Å². The number of nitrogens with zero attached hydrogens (tertiary/aromatic N) is 5. The zero-order chi connectivity index (χ0) is 20.2. The van der Waals surface area contributed by atoms with Crippen LogP contribution >= 0.6 is 15.9 Å². The first-order valence-corrected chi connectivity index (χ1v) is 11.1. The van der Waals surface area contributed by atoms with Gasteiger partial charge in [0.05, 0.1) is 5.56 Å². The fraction of sp³-hybridized carbons (Fsp3) is 0.524. The Balaban J connectivity index is 1.39. The standard InChI is InChI=1S/C21H27BrN6O/c1-15-11-19(26-21(24-15)25-18-5-3-2-4-6-18)27-7-9-28(10-8-27)20(29)16-12-17(22)14-23-13-16/h11-14,18H,2-10H2,1H3,(H,24,25,26). The predicted molar refractivity (Wildman–Crippen MR) is 117 cm³/mol. The molecule has 8 heteroatoms. The minimum Gasteiger partial charge on any atom is -0.353 e. The maximum absolute atomic E-state index is 12.7. The van der Waals surface area contributed by atoms with Crippen LogP contribution in [0.25, 0.3) is 0 Å². The largest absolute Gasteiger partial charge is 0.353 e. The zero-order valence-electron chi connectivity index (χ0n) is 16.8. The van der Waals surface area contributed by atoms with Crippen LogP contribution in [-0.2, 0) is 0 Å². The van der Waals surface area contributed by atoms with Crippen LogP contribution in [0, 0.1) is 6.92 Å². The van der Waals surface area contributed by atoms with Crippen LogP contribution in [-0.4, -0.2) is 58.0 Å². The van der Waals surface area contributed by atoms with E-state index >= 15 is 0 Å². The number of hydrogen-bond acceptors (Lipinski definition) is 6. The summed E-state index contributed by atoms with van der Waals surface area (Å²) in [5.41, 5.74) is 1.58. The smallest absolute Gasteiger partial charge is 0.255 e. The quantitative estimate of drug-likeness (QED) is 0.753. The minimum absolute atomic E-state index is 0.0250. The molecule has 1 aliphatic carbocycles.